The van der Waals surface area contributed by atoms with Crippen molar-refractivity contribution in [3.63, 3.8) is 0 Å². The summed E-state index contributed by atoms with van der Waals surface area (Å²) in [6.07, 6.45) is -0.546. The van der Waals surface area contributed by atoms with Crippen LogP contribution < -0.4 is 0 Å². The Morgan fingerprint density at radius 2 is 2.19 bits per heavy atom. The van der Waals surface area contributed by atoms with Crippen molar-refractivity contribution in [1.82, 2.24) is 4.90 Å². The first-order chi connectivity index (χ1) is 7.45. The fraction of sp³-hybridized carbons (Fsp3) is 0.700. The average Bonchev–Trinajstić information content (AvgIpc) is 2.22. The number of nitrogens with one attached hydrogen (secondary N) is 1. The molecule has 0 saturated carbocycles. The van der Waals surface area contributed by atoms with Crippen LogP contribution in [0, 0.1) is 5.41 Å². The maximum Gasteiger partial charge on any atom is 0.158 e. The topological polar surface area (TPSA) is 76.8 Å². The number of ether oxygens (including phenoxy) is 1. The molecule has 4 unspecified atom stereocenters. The first-order valence-electron chi connectivity index (χ1n) is 5.02. The van der Waals surface area contributed by atoms with Gasteiger partial charge in [-0.2, -0.15) is 0 Å². The number of amidine groups is 1. The number of nitrogens with zero attached hydrogens (tertiary/aromatic N) is 1. The third-order valence-corrected chi connectivity index (χ3v) is 3.51. The lowest BCUT2D eigenvalue weighted by Crippen LogP contribution is -2.46. The van der Waals surface area contributed by atoms with Gasteiger partial charge in [-0.05, 0) is 0 Å². The Labute approximate surface area is 99.6 Å². The summed E-state index contributed by atoms with van der Waals surface area (Å²) in [5.41, 5.74) is -0.323. The Morgan fingerprint density at radius 1 is 1.56 bits per heavy atom. The maximum absolute atomic E-state index is 9.63. The summed E-state index contributed by atoms with van der Waals surface area (Å²) in [6, 6.07) is 0. The van der Waals surface area contributed by atoms with Gasteiger partial charge in [0.25, 0.3) is 0 Å². The van der Waals surface area contributed by atoms with Crippen molar-refractivity contribution in [2.24, 2.45) is 0 Å². The van der Waals surface area contributed by atoms with Gasteiger partial charge in [-0.15, -0.1) is 6.58 Å². The quantitative estimate of drug-likeness (QED) is 0.369. The molecule has 1 fully saturated rings. The van der Waals surface area contributed by atoms with Gasteiger partial charge in [0, 0.05) is 20.5 Å². The molecular weight excluding hydrogens is 228 g/mol. The van der Waals surface area contributed by atoms with Gasteiger partial charge in [-0.25, -0.2) is 0 Å². The fourth-order valence-corrected chi connectivity index (χ4v) is 2.30. The highest BCUT2D eigenvalue weighted by atomic mass is 32.2. The molecule has 1 heterocycles. The van der Waals surface area contributed by atoms with Gasteiger partial charge in [0.2, 0.25) is 0 Å². The normalized spacial score (nSPS) is 34.5. The van der Waals surface area contributed by atoms with E-state index in [9.17, 15) is 10.2 Å². The van der Waals surface area contributed by atoms with Gasteiger partial charge in [0.15, 0.2) is 5.17 Å². The van der Waals surface area contributed by atoms with Crippen molar-refractivity contribution in [2.45, 2.75) is 30.2 Å². The Hall–Kier alpha value is -0.560. The van der Waals surface area contributed by atoms with Gasteiger partial charge in [-0.3, -0.25) is 5.41 Å². The Morgan fingerprint density at radius 3 is 2.69 bits per heavy atom. The third-order valence-electron chi connectivity index (χ3n) is 2.36. The van der Waals surface area contributed by atoms with Crippen LogP contribution in [0.5, 0.6) is 0 Å². The molecule has 0 aliphatic carbocycles. The van der Waals surface area contributed by atoms with Crippen LogP contribution in [0.3, 0.4) is 0 Å². The zero-order chi connectivity index (χ0) is 12.3. The zero-order valence-electron chi connectivity index (χ0n) is 9.46. The summed E-state index contributed by atoms with van der Waals surface area (Å²) in [4.78, 5) is 1.66. The van der Waals surface area contributed by atoms with E-state index in [0.29, 0.717) is 11.6 Å². The summed E-state index contributed by atoms with van der Waals surface area (Å²) in [7, 11) is 3.54. The number of hydrogen-bond donors (Lipinski definition) is 3. The Balaban J connectivity index is 2.57. The van der Waals surface area contributed by atoms with Crippen LogP contribution in [-0.2, 0) is 4.74 Å². The molecule has 16 heavy (non-hydrogen) atoms. The molecule has 0 aromatic heterocycles. The van der Waals surface area contributed by atoms with Crippen molar-refractivity contribution in [2.75, 3.05) is 14.1 Å². The minimum atomic E-state index is -0.928. The molecule has 0 amide bonds. The van der Waals surface area contributed by atoms with E-state index in [-0.39, 0.29) is 5.44 Å². The summed E-state index contributed by atoms with van der Waals surface area (Å²) < 4.78 is 5.51. The van der Waals surface area contributed by atoms with E-state index in [1.54, 1.807) is 19.0 Å². The molecule has 0 radical (unpaired) electrons. The number of hydrogen-bond acceptors (Lipinski definition) is 5. The molecular formula is C10H18N2O3S. The number of thioether (sulfide) groups is 1. The second kappa shape index (κ2) is 5.67. The lowest BCUT2D eigenvalue weighted by Gasteiger charge is -2.35. The lowest BCUT2D eigenvalue weighted by atomic mass is 10.0. The smallest absolute Gasteiger partial charge is 0.158 e. The SMILES string of the molecule is C=CC1OC(SC(=N)N(C)C)CC(O)C1O. The number of aliphatic hydroxyl groups is 2. The number of rotatable bonds is 2. The fourth-order valence-electron chi connectivity index (χ4n) is 1.37. The predicted octanol–water partition coefficient (Wildman–Crippen LogP) is 0.239. The third kappa shape index (κ3) is 3.21. The highest BCUT2D eigenvalue weighted by Crippen LogP contribution is 2.29. The molecule has 1 aliphatic heterocycles. The van der Waals surface area contributed by atoms with Gasteiger partial charge in [0.05, 0.1) is 6.10 Å². The maximum atomic E-state index is 9.63. The van der Waals surface area contributed by atoms with E-state index >= 15 is 0 Å². The Kier molecular flexibility index (Phi) is 4.79. The second-order valence-corrected chi connectivity index (χ2v) is 5.03. The average molecular weight is 246 g/mol. The highest BCUT2D eigenvalue weighted by molar-refractivity contribution is 8.14. The van der Waals surface area contributed by atoms with E-state index in [4.69, 9.17) is 10.1 Å². The van der Waals surface area contributed by atoms with Crippen LogP contribution >= 0.6 is 11.8 Å². The zero-order valence-corrected chi connectivity index (χ0v) is 10.3. The standard InChI is InChI=1S/C10H18N2O3S/c1-4-7-9(14)6(13)5-8(15-7)16-10(11)12(2)3/h4,6-9,11,13-14H,1,5H2,2-3H3. The molecule has 3 N–H and O–H groups in total. The van der Waals surface area contributed by atoms with Gasteiger partial charge in [0.1, 0.15) is 17.6 Å². The second-order valence-electron chi connectivity index (χ2n) is 3.88. The molecule has 4 atom stereocenters. The van der Waals surface area contributed by atoms with Gasteiger partial charge in [-0.1, -0.05) is 17.8 Å². The summed E-state index contributed by atoms with van der Waals surface area (Å²) in [6.45, 7) is 3.55. The first kappa shape index (κ1) is 13.5. The Bertz CT molecular complexity index is 273. The van der Waals surface area contributed by atoms with Crippen molar-refractivity contribution in [3.05, 3.63) is 12.7 Å². The predicted molar refractivity (Wildman–Crippen MR) is 64.5 cm³/mol. The van der Waals surface area contributed by atoms with Crippen molar-refractivity contribution >= 4 is 16.9 Å². The first-order valence-corrected chi connectivity index (χ1v) is 5.90. The summed E-state index contributed by atoms with van der Waals surface area (Å²) >= 11 is 1.22. The van der Waals surface area contributed by atoms with Crippen molar-refractivity contribution in [1.29, 1.82) is 5.41 Å². The van der Waals surface area contributed by atoms with Gasteiger partial charge >= 0.3 is 0 Å². The van der Waals surface area contributed by atoms with Crippen LogP contribution in [-0.4, -0.2) is 58.1 Å². The lowest BCUT2D eigenvalue weighted by molar-refractivity contribution is -0.126. The minimum absolute atomic E-state index is 0.312. The molecule has 6 heteroatoms. The molecule has 92 valence electrons. The van der Waals surface area contributed by atoms with Crippen LogP contribution in [0.4, 0.5) is 0 Å². The van der Waals surface area contributed by atoms with E-state index in [2.05, 4.69) is 6.58 Å². The summed E-state index contributed by atoms with van der Waals surface area (Å²) in [5.74, 6) is 0. The molecule has 0 aromatic rings. The van der Waals surface area contributed by atoms with E-state index in [1.165, 1.54) is 17.8 Å². The molecule has 0 bridgehead atoms. The minimum Gasteiger partial charge on any atom is -0.390 e. The van der Waals surface area contributed by atoms with Crippen molar-refractivity contribution < 1.29 is 14.9 Å². The molecule has 0 aromatic carbocycles. The number of aliphatic hydroxyl groups excluding tert-OH is 2. The molecule has 0 spiro atoms. The van der Waals surface area contributed by atoms with E-state index in [0.717, 1.165) is 0 Å². The highest BCUT2D eigenvalue weighted by Gasteiger charge is 2.35. The molecule has 1 rings (SSSR count). The van der Waals surface area contributed by atoms with Gasteiger partial charge < -0.3 is 19.8 Å². The van der Waals surface area contributed by atoms with Crippen LogP contribution in [0.2, 0.25) is 0 Å². The largest absolute Gasteiger partial charge is 0.390 e. The van der Waals surface area contributed by atoms with Crippen LogP contribution in [0.1, 0.15) is 6.42 Å². The molecule has 1 aliphatic rings. The van der Waals surface area contributed by atoms with Crippen molar-refractivity contribution in [3.8, 4) is 0 Å². The van der Waals surface area contributed by atoms with E-state index < -0.39 is 18.3 Å². The van der Waals surface area contributed by atoms with Crippen LogP contribution in [0.25, 0.3) is 0 Å². The summed E-state index contributed by atoms with van der Waals surface area (Å²) in [5, 5.41) is 27.2. The van der Waals surface area contributed by atoms with E-state index in [1.807, 2.05) is 0 Å². The molecule has 1 saturated heterocycles. The monoisotopic (exact) mass is 246 g/mol. The van der Waals surface area contributed by atoms with Crippen LogP contribution in [0.15, 0.2) is 12.7 Å². The molecule has 5 nitrogen and oxygen atoms in total.